The number of amides is 2. The minimum atomic E-state index is -0.207. The van der Waals surface area contributed by atoms with Crippen LogP contribution in [0.3, 0.4) is 0 Å². The summed E-state index contributed by atoms with van der Waals surface area (Å²) in [6.07, 6.45) is 5.67. The van der Waals surface area contributed by atoms with Gasteiger partial charge < -0.3 is 5.32 Å². The molecule has 0 fully saturated rings. The Hall–Kier alpha value is -2.21. The molecule has 1 aromatic carbocycles. The van der Waals surface area contributed by atoms with Crippen molar-refractivity contribution in [1.82, 2.24) is 4.98 Å². The third-order valence-corrected chi connectivity index (χ3v) is 4.83. The summed E-state index contributed by atoms with van der Waals surface area (Å²) < 4.78 is 0. The predicted octanol–water partition coefficient (Wildman–Crippen LogP) is 3.62. The van der Waals surface area contributed by atoms with Gasteiger partial charge in [-0.15, -0.1) is 11.3 Å². The molecule has 0 saturated heterocycles. The van der Waals surface area contributed by atoms with Crippen molar-refractivity contribution >= 4 is 34.0 Å². The van der Waals surface area contributed by atoms with Gasteiger partial charge >= 0.3 is 0 Å². The number of fused-ring (bicyclic) bond motifs is 1. The number of nitrogens with one attached hydrogen (secondary N) is 2. The van der Waals surface area contributed by atoms with Crippen molar-refractivity contribution in [1.29, 1.82) is 0 Å². The van der Waals surface area contributed by atoms with Gasteiger partial charge in [-0.2, -0.15) is 0 Å². The largest absolute Gasteiger partial charge is 0.326 e. The van der Waals surface area contributed by atoms with Gasteiger partial charge in [-0.25, -0.2) is 4.98 Å². The van der Waals surface area contributed by atoms with Crippen LogP contribution in [0.25, 0.3) is 0 Å². The summed E-state index contributed by atoms with van der Waals surface area (Å²) in [5, 5.41) is 6.21. The molecule has 0 aliphatic heterocycles. The molecule has 0 radical (unpaired) electrons. The lowest BCUT2D eigenvalue weighted by atomic mass is 10.2. The molecule has 1 aliphatic carbocycles. The highest BCUT2D eigenvalue weighted by Gasteiger charge is 2.16. The number of nitrogens with zero attached hydrogens (tertiary/aromatic N) is 1. The highest BCUT2D eigenvalue weighted by molar-refractivity contribution is 7.15. The summed E-state index contributed by atoms with van der Waals surface area (Å²) >= 11 is 1.57. The van der Waals surface area contributed by atoms with E-state index in [1.807, 2.05) is 0 Å². The lowest BCUT2D eigenvalue weighted by molar-refractivity contribution is -0.114. The van der Waals surface area contributed by atoms with Crippen LogP contribution in [0.4, 0.5) is 10.8 Å². The Labute approximate surface area is 139 Å². The number of rotatable bonds is 3. The summed E-state index contributed by atoms with van der Waals surface area (Å²) in [4.78, 5) is 29.3. The Morgan fingerprint density at radius 2 is 1.96 bits per heavy atom. The zero-order valence-electron chi connectivity index (χ0n) is 13.0. The molecule has 2 amide bonds. The molecule has 2 N–H and O–H groups in total. The number of carbonyl (C=O) groups excluding carboxylic acids is 2. The summed E-state index contributed by atoms with van der Waals surface area (Å²) in [5.41, 5.74) is 2.25. The first-order valence-corrected chi connectivity index (χ1v) is 8.61. The van der Waals surface area contributed by atoms with E-state index in [0.717, 1.165) is 18.5 Å². The topological polar surface area (TPSA) is 71.1 Å². The molecule has 1 aliphatic rings. The molecule has 120 valence electrons. The van der Waals surface area contributed by atoms with Crippen LogP contribution in [0.5, 0.6) is 0 Å². The van der Waals surface area contributed by atoms with Crippen LogP contribution in [0.15, 0.2) is 24.3 Å². The summed E-state index contributed by atoms with van der Waals surface area (Å²) in [6, 6.07) is 6.88. The Morgan fingerprint density at radius 1 is 1.13 bits per heavy atom. The molecule has 1 aromatic heterocycles. The van der Waals surface area contributed by atoms with Crippen LogP contribution >= 0.6 is 11.3 Å². The number of anilines is 2. The van der Waals surface area contributed by atoms with E-state index >= 15 is 0 Å². The second kappa shape index (κ2) is 6.91. The molecule has 5 nitrogen and oxygen atoms in total. The molecule has 23 heavy (non-hydrogen) atoms. The van der Waals surface area contributed by atoms with Gasteiger partial charge in [0.25, 0.3) is 5.91 Å². The Balaban J connectivity index is 1.73. The first-order valence-electron chi connectivity index (χ1n) is 7.79. The molecule has 0 unspecified atom stereocenters. The summed E-state index contributed by atoms with van der Waals surface area (Å²) in [5.74, 6) is -0.368. The van der Waals surface area contributed by atoms with Crippen LogP contribution in [-0.2, 0) is 17.6 Å². The van der Waals surface area contributed by atoms with Gasteiger partial charge in [-0.05, 0) is 43.9 Å². The minimum Gasteiger partial charge on any atom is -0.326 e. The fraction of sp³-hybridized carbons (Fsp3) is 0.353. The van der Waals surface area contributed by atoms with Gasteiger partial charge in [-0.1, -0.05) is 12.5 Å². The van der Waals surface area contributed by atoms with Gasteiger partial charge in [0.2, 0.25) is 5.91 Å². The zero-order chi connectivity index (χ0) is 16.2. The number of carbonyl (C=O) groups is 2. The van der Waals surface area contributed by atoms with E-state index in [-0.39, 0.29) is 11.8 Å². The number of aromatic nitrogens is 1. The maximum atomic E-state index is 12.4. The average Bonchev–Trinajstić information content (AvgIpc) is 2.75. The van der Waals surface area contributed by atoms with Gasteiger partial charge in [0.1, 0.15) is 0 Å². The van der Waals surface area contributed by atoms with Crippen molar-refractivity contribution in [2.24, 2.45) is 0 Å². The molecule has 6 heteroatoms. The molecule has 3 rings (SSSR count). The number of benzene rings is 1. The van der Waals surface area contributed by atoms with Gasteiger partial charge in [0.15, 0.2) is 5.13 Å². The maximum absolute atomic E-state index is 12.4. The highest BCUT2D eigenvalue weighted by atomic mass is 32.1. The van der Waals surface area contributed by atoms with Gasteiger partial charge in [-0.3, -0.25) is 14.9 Å². The molecular weight excluding hydrogens is 310 g/mol. The fourth-order valence-electron chi connectivity index (χ4n) is 2.69. The predicted molar refractivity (Wildman–Crippen MR) is 92.1 cm³/mol. The fourth-order valence-corrected chi connectivity index (χ4v) is 3.74. The smallest absolute Gasteiger partial charge is 0.257 e. The van der Waals surface area contributed by atoms with E-state index in [0.29, 0.717) is 16.4 Å². The molecule has 2 aromatic rings. The zero-order valence-corrected chi connectivity index (χ0v) is 13.8. The number of thiazole rings is 1. The number of hydrogen-bond acceptors (Lipinski definition) is 4. The second-order valence-corrected chi connectivity index (χ2v) is 6.75. The Bertz CT molecular complexity index is 716. The number of aryl methyl sites for hydroxylation is 2. The van der Waals surface area contributed by atoms with E-state index in [9.17, 15) is 9.59 Å². The number of hydrogen-bond donors (Lipinski definition) is 2. The standard InChI is InChI=1S/C17H19N3O2S/c1-11(21)18-13-7-5-6-12(10-13)16(22)20-17-19-14-8-3-2-4-9-15(14)23-17/h5-7,10H,2-4,8-9H2,1H3,(H,18,21)(H,19,20,22). The molecule has 0 atom stereocenters. The first-order chi connectivity index (χ1) is 11.1. The average molecular weight is 329 g/mol. The Kier molecular flexibility index (Phi) is 4.71. The third kappa shape index (κ3) is 3.96. The molecule has 0 spiro atoms. The van der Waals surface area contributed by atoms with E-state index in [1.165, 1.54) is 31.1 Å². The van der Waals surface area contributed by atoms with Crippen LogP contribution < -0.4 is 10.6 Å². The van der Waals surface area contributed by atoms with Gasteiger partial charge in [0.05, 0.1) is 5.69 Å². The van der Waals surface area contributed by atoms with Crippen LogP contribution in [-0.4, -0.2) is 16.8 Å². The van der Waals surface area contributed by atoms with Crippen molar-refractivity contribution in [3.63, 3.8) is 0 Å². The van der Waals surface area contributed by atoms with E-state index in [4.69, 9.17) is 0 Å². The SMILES string of the molecule is CC(=O)Nc1cccc(C(=O)Nc2nc3c(s2)CCCCC3)c1. The normalized spacial score (nSPS) is 13.8. The lowest BCUT2D eigenvalue weighted by Crippen LogP contribution is -2.13. The van der Waals surface area contributed by atoms with Crippen molar-refractivity contribution in [2.75, 3.05) is 10.6 Å². The Morgan fingerprint density at radius 3 is 2.78 bits per heavy atom. The first kappa shape index (κ1) is 15.7. The van der Waals surface area contributed by atoms with Crippen molar-refractivity contribution in [3.05, 3.63) is 40.4 Å². The lowest BCUT2D eigenvalue weighted by Gasteiger charge is -2.05. The van der Waals surface area contributed by atoms with Crippen molar-refractivity contribution < 1.29 is 9.59 Å². The van der Waals surface area contributed by atoms with Crippen molar-refractivity contribution in [2.45, 2.75) is 39.0 Å². The monoisotopic (exact) mass is 329 g/mol. The van der Waals surface area contributed by atoms with Crippen LogP contribution in [0.1, 0.15) is 47.1 Å². The minimum absolute atomic E-state index is 0.161. The highest BCUT2D eigenvalue weighted by Crippen LogP contribution is 2.29. The van der Waals surface area contributed by atoms with E-state index < -0.39 is 0 Å². The van der Waals surface area contributed by atoms with Gasteiger partial charge in [0, 0.05) is 23.1 Å². The second-order valence-electron chi connectivity index (χ2n) is 5.67. The van der Waals surface area contributed by atoms with Crippen molar-refractivity contribution in [3.8, 4) is 0 Å². The quantitative estimate of drug-likeness (QED) is 0.845. The molecular formula is C17H19N3O2S. The molecule has 1 heterocycles. The molecule has 0 saturated carbocycles. The van der Waals surface area contributed by atoms with E-state index in [2.05, 4.69) is 15.6 Å². The van der Waals surface area contributed by atoms with Crippen LogP contribution in [0, 0.1) is 0 Å². The third-order valence-electron chi connectivity index (χ3n) is 3.76. The maximum Gasteiger partial charge on any atom is 0.257 e. The van der Waals surface area contributed by atoms with E-state index in [1.54, 1.807) is 35.6 Å². The molecule has 0 bridgehead atoms. The van der Waals surface area contributed by atoms with Crippen LogP contribution in [0.2, 0.25) is 0 Å². The summed E-state index contributed by atoms with van der Waals surface area (Å²) in [6.45, 7) is 1.44. The summed E-state index contributed by atoms with van der Waals surface area (Å²) in [7, 11) is 0.